The Bertz CT molecular complexity index is 367. The Morgan fingerprint density at radius 1 is 1.53 bits per heavy atom. The number of Topliss-reactive ketones (excluding diaryl/α,β-unsaturated/α-hetero) is 1. The third-order valence-electron chi connectivity index (χ3n) is 2.90. The van der Waals surface area contributed by atoms with Crippen LogP contribution in [0.15, 0.2) is 15.0 Å². The van der Waals surface area contributed by atoms with E-state index in [1.165, 1.54) is 12.8 Å². The van der Waals surface area contributed by atoms with Crippen molar-refractivity contribution in [3.05, 3.63) is 22.1 Å². The van der Waals surface area contributed by atoms with Gasteiger partial charge in [0.1, 0.15) is 5.76 Å². The molecule has 82 valence electrons. The maximum Gasteiger partial charge on any atom is 0.211 e. The first-order valence-corrected chi connectivity index (χ1v) is 6.04. The number of hydrogen-bond acceptors (Lipinski definition) is 3. The number of carbonyl (C=O) groups is 1. The molecule has 0 atom stereocenters. The van der Waals surface area contributed by atoms with Crippen molar-refractivity contribution < 1.29 is 9.21 Å². The molecule has 1 aliphatic rings. The highest BCUT2D eigenvalue weighted by Gasteiger charge is 2.24. The SMILES string of the molecule is NCC(=O)c1cc(Br)c(C2CCCC2)o1. The van der Waals surface area contributed by atoms with Gasteiger partial charge in [0, 0.05) is 12.0 Å². The summed E-state index contributed by atoms with van der Waals surface area (Å²) >= 11 is 3.44. The third kappa shape index (κ3) is 2.16. The molecule has 1 aromatic rings. The van der Waals surface area contributed by atoms with E-state index in [1.54, 1.807) is 6.07 Å². The Morgan fingerprint density at radius 3 is 2.80 bits per heavy atom. The van der Waals surface area contributed by atoms with E-state index in [0.29, 0.717) is 11.7 Å². The molecule has 1 aromatic heterocycles. The summed E-state index contributed by atoms with van der Waals surface area (Å²) in [5, 5.41) is 0. The summed E-state index contributed by atoms with van der Waals surface area (Å²) in [7, 11) is 0. The first kappa shape index (κ1) is 10.9. The molecule has 0 aliphatic heterocycles. The highest BCUT2D eigenvalue weighted by molar-refractivity contribution is 9.10. The van der Waals surface area contributed by atoms with Crippen LogP contribution in [0.5, 0.6) is 0 Å². The molecule has 0 radical (unpaired) electrons. The largest absolute Gasteiger partial charge is 0.456 e. The number of halogens is 1. The Labute approximate surface area is 97.1 Å². The topological polar surface area (TPSA) is 56.2 Å². The minimum Gasteiger partial charge on any atom is -0.456 e. The molecule has 0 aromatic carbocycles. The lowest BCUT2D eigenvalue weighted by Crippen LogP contribution is -2.12. The molecule has 1 fully saturated rings. The molecule has 15 heavy (non-hydrogen) atoms. The van der Waals surface area contributed by atoms with Gasteiger partial charge in [-0.2, -0.15) is 0 Å². The molecule has 0 unspecified atom stereocenters. The van der Waals surface area contributed by atoms with E-state index in [0.717, 1.165) is 23.1 Å². The van der Waals surface area contributed by atoms with Gasteiger partial charge >= 0.3 is 0 Å². The van der Waals surface area contributed by atoms with Crippen molar-refractivity contribution in [3.8, 4) is 0 Å². The minimum atomic E-state index is -0.139. The van der Waals surface area contributed by atoms with Crippen LogP contribution in [0.4, 0.5) is 0 Å². The average Bonchev–Trinajstić information content (AvgIpc) is 2.84. The summed E-state index contributed by atoms with van der Waals surface area (Å²) in [4.78, 5) is 11.4. The summed E-state index contributed by atoms with van der Waals surface area (Å²) in [5.41, 5.74) is 5.29. The van der Waals surface area contributed by atoms with Gasteiger partial charge in [0.25, 0.3) is 0 Å². The normalized spacial score (nSPS) is 17.2. The van der Waals surface area contributed by atoms with Gasteiger partial charge < -0.3 is 10.2 Å². The van der Waals surface area contributed by atoms with Crippen LogP contribution in [0.1, 0.15) is 47.9 Å². The van der Waals surface area contributed by atoms with Crippen LogP contribution in [0.3, 0.4) is 0 Å². The van der Waals surface area contributed by atoms with Gasteiger partial charge in [0.2, 0.25) is 5.78 Å². The van der Waals surface area contributed by atoms with E-state index in [9.17, 15) is 4.79 Å². The van der Waals surface area contributed by atoms with E-state index in [1.807, 2.05) is 0 Å². The molecule has 1 heterocycles. The standard InChI is InChI=1S/C11H14BrNO2/c12-8-5-10(9(14)6-13)15-11(8)7-3-1-2-4-7/h5,7H,1-4,6,13H2. The summed E-state index contributed by atoms with van der Waals surface area (Å²) < 4.78 is 6.48. The molecule has 0 spiro atoms. The van der Waals surface area contributed by atoms with Gasteiger partial charge in [0.05, 0.1) is 11.0 Å². The molecule has 1 aliphatic carbocycles. The molecule has 4 heteroatoms. The van der Waals surface area contributed by atoms with E-state index in [-0.39, 0.29) is 12.3 Å². The first-order valence-electron chi connectivity index (χ1n) is 5.25. The van der Waals surface area contributed by atoms with Gasteiger partial charge in [-0.15, -0.1) is 0 Å². The fourth-order valence-electron chi connectivity index (χ4n) is 2.09. The van der Waals surface area contributed by atoms with Crippen LogP contribution in [-0.2, 0) is 0 Å². The second kappa shape index (κ2) is 4.49. The van der Waals surface area contributed by atoms with Gasteiger partial charge in [-0.05, 0) is 28.8 Å². The fraction of sp³-hybridized carbons (Fsp3) is 0.545. The maximum atomic E-state index is 11.4. The summed E-state index contributed by atoms with van der Waals surface area (Å²) in [5.74, 6) is 1.63. The number of furan rings is 1. The number of nitrogens with two attached hydrogens (primary N) is 1. The molecule has 2 rings (SSSR count). The molecule has 1 saturated carbocycles. The first-order chi connectivity index (χ1) is 7.22. The van der Waals surface area contributed by atoms with E-state index >= 15 is 0 Å². The van der Waals surface area contributed by atoms with Gasteiger partial charge in [-0.3, -0.25) is 4.79 Å². The fourth-order valence-corrected chi connectivity index (χ4v) is 2.70. The Balaban J connectivity index is 2.24. The van der Waals surface area contributed by atoms with Crippen LogP contribution in [0.25, 0.3) is 0 Å². The highest BCUT2D eigenvalue weighted by atomic mass is 79.9. The maximum absolute atomic E-state index is 11.4. The Hall–Kier alpha value is -0.610. The molecular weight excluding hydrogens is 258 g/mol. The molecule has 0 saturated heterocycles. The number of carbonyl (C=O) groups excluding carboxylic acids is 1. The predicted octanol–water partition coefficient (Wildman–Crippen LogP) is 2.84. The third-order valence-corrected chi connectivity index (χ3v) is 3.52. The van der Waals surface area contributed by atoms with Crippen molar-refractivity contribution in [3.63, 3.8) is 0 Å². The van der Waals surface area contributed by atoms with E-state index in [2.05, 4.69) is 15.9 Å². The number of ketones is 1. The summed E-state index contributed by atoms with van der Waals surface area (Å²) in [6.45, 7) is 0.00403. The second-order valence-electron chi connectivity index (χ2n) is 3.93. The van der Waals surface area contributed by atoms with Crippen LogP contribution in [-0.4, -0.2) is 12.3 Å². The Kier molecular flexibility index (Phi) is 3.26. The monoisotopic (exact) mass is 271 g/mol. The smallest absolute Gasteiger partial charge is 0.211 e. The Morgan fingerprint density at radius 2 is 2.20 bits per heavy atom. The molecular formula is C11H14BrNO2. The van der Waals surface area contributed by atoms with Crippen molar-refractivity contribution in [2.45, 2.75) is 31.6 Å². The average molecular weight is 272 g/mol. The lowest BCUT2D eigenvalue weighted by atomic mass is 10.1. The summed E-state index contributed by atoms with van der Waals surface area (Å²) in [6, 6.07) is 1.74. The van der Waals surface area contributed by atoms with Gasteiger partial charge in [-0.25, -0.2) is 0 Å². The van der Waals surface area contributed by atoms with Crippen LogP contribution in [0, 0.1) is 0 Å². The van der Waals surface area contributed by atoms with E-state index < -0.39 is 0 Å². The van der Waals surface area contributed by atoms with Crippen LogP contribution in [0.2, 0.25) is 0 Å². The zero-order valence-electron chi connectivity index (χ0n) is 8.46. The number of rotatable bonds is 3. The van der Waals surface area contributed by atoms with Crippen molar-refractivity contribution >= 4 is 21.7 Å². The number of hydrogen-bond donors (Lipinski definition) is 1. The lowest BCUT2D eigenvalue weighted by Gasteiger charge is -2.04. The molecule has 2 N–H and O–H groups in total. The lowest BCUT2D eigenvalue weighted by molar-refractivity contribution is 0.0972. The summed E-state index contributed by atoms with van der Waals surface area (Å²) in [6.07, 6.45) is 4.81. The zero-order valence-corrected chi connectivity index (χ0v) is 10.0. The van der Waals surface area contributed by atoms with Crippen LogP contribution < -0.4 is 5.73 Å². The molecule has 0 amide bonds. The molecule has 3 nitrogen and oxygen atoms in total. The quantitative estimate of drug-likeness (QED) is 0.861. The zero-order chi connectivity index (χ0) is 10.8. The van der Waals surface area contributed by atoms with Gasteiger partial charge in [0.15, 0.2) is 5.76 Å². The van der Waals surface area contributed by atoms with Gasteiger partial charge in [-0.1, -0.05) is 12.8 Å². The van der Waals surface area contributed by atoms with Crippen molar-refractivity contribution in [2.24, 2.45) is 5.73 Å². The molecule has 0 bridgehead atoms. The highest BCUT2D eigenvalue weighted by Crippen LogP contribution is 2.39. The van der Waals surface area contributed by atoms with E-state index in [4.69, 9.17) is 10.2 Å². The van der Waals surface area contributed by atoms with Crippen LogP contribution >= 0.6 is 15.9 Å². The van der Waals surface area contributed by atoms with Crippen molar-refractivity contribution in [1.82, 2.24) is 0 Å². The van der Waals surface area contributed by atoms with Crippen molar-refractivity contribution in [1.29, 1.82) is 0 Å². The predicted molar refractivity (Wildman–Crippen MR) is 61.0 cm³/mol. The minimum absolute atomic E-state index is 0.00403. The van der Waals surface area contributed by atoms with Crippen molar-refractivity contribution in [2.75, 3.05) is 6.54 Å². The second-order valence-corrected chi connectivity index (χ2v) is 4.79.